The molecule has 0 fully saturated rings. The first kappa shape index (κ1) is 18.8. The van der Waals surface area contributed by atoms with Gasteiger partial charge in [0.05, 0.1) is 0 Å². The molecule has 0 spiro atoms. The lowest BCUT2D eigenvalue weighted by atomic mass is 9.95. The van der Waals surface area contributed by atoms with Crippen molar-refractivity contribution in [3.63, 3.8) is 0 Å². The second-order valence-corrected chi connectivity index (χ2v) is 7.85. The van der Waals surface area contributed by atoms with Crippen LogP contribution in [0, 0.1) is 0 Å². The number of fused-ring (bicyclic) bond motifs is 1. The summed E-state index contributed by atoms with van der Waals surface area (Å²) in [5.41, 5.74) is 8.11. The van der Waals surface area contributed by atoms with Gasteiger partial charge in [0.2, 0.25) is 0 Å². The van der Waals surface area contributed by atoms with Gasteiger partial charge in [-0.05, 0) is 64.4 Å². The summed E-state index contributed by atoms with van der Waals surface area (Å²) in [5, 5.41) is 0. The first-order valence-electron chi connectivity index (χ1n) is 10.8. The minimum Gasteiger partial charge on any atom is -0.461 e. The fraction of sp³-hybridized carbons (Fsp3) is 0.333. The zero-order valence-electron chi connectivity index (χ0n) is 17.1. The van der Waals surface area contributed by atoms with Crippen LogP contribution in [0.2, 0.25) is 0 Å². The molecule has 1 heterocycles. The van der Waals surface area contributed by atoms with Gasteiger partial charge in [-0.1, -0.05) is 75.6 Å². The molecule has 0 N–H and O–H groups in total. The highest BCUT2D eigenvalue weighted by atomic mass is 16.3. The van der Waals surface area contributed by atoms with Crippen molar-refractivity contribution in [2.45, 2.75) is 58.8 Å². The highest BCUT2D eigenvalue weighted by Crippen LogP contribution is 2.38. The van der Waals surface area contributed by atoms with E-state index in [1.54, 1.807) is 0 Å². The van der Waals surface area contributed by atoms with Gasteiger partial charge >= 0.3 is 0 Å². The lowest BCUT2D eigenvalue weighted by Gasteiger charge is -2.09. The predicted molar refractivity (Wildman–Crippen MR) is 119 cm³/mol. The number of benzene rings is 2. The molecule has 28 heavy (non-hydrogen) atoms. The van der Waals surface area contributed by atoms with Crippen molar-refractivity contribution < 1.29 is 4.42 Å². The number of aryl methyl sites for hydroxylation is 2. The van der Waals surface area contributed by atoms with E-state index in [2.05, 4.69) is 74.5 Å². The maximum atomic E-state index is 6.00. The van der Waals surface area contributed by atoms with Gasteiger partial charge in [0.15, 0.2) is 0 Å². The first-order valence-corrected chi connectivity index (χ1v) is 10.8. The van der Waals surface area contributed by atoms with Crippen LogP contribution in [-0.2, 0) is 19.3 Å². The van der Waals surface area contributed by atoms with Crippen LogP contribution in [-0.4, -0.2) is 0 Å². The summed E-state index contributed by atoms with van der Waals surface area (Å²) >= 11 is 0. The van der Waals surface area contributed by atoms with E-state index in [0.29, 0.717) is 0 Å². The molecule has 0 saturated heterocycles. The highest BCUT2D eigenvalue weighted by molar-refractivity contribution is 5.92. The van der Waals surface area contributed by atoms with Crippen LogP contribution in [0.15, 0.2) is 59.0 Å². The Morgan fingerprint density at radius 1 is 0.857 bits per heavy atom. The Bertz CT molecular complexity index is 956. The standard InChI is InChI=1S/C27H30O/c1-3-5-6-7-9-20-12-14-21(15-13-20)25-11-8-10-22-18-23(19-26(22)25)27-17-16-24(4-2)28-27/h8,10-17,19H,3-7,9,18H2,1-2H3. The van der Waals surface area contributed by atoms with Crippen LogP contribution in [0.1, 0.15) is 67.7 Å². The van der Waals surface area contributed by atoms with Crippen molar-refractivity contribution in [2.24, 2.45) is 0 Å². The maximum absolute atomic E-state index is 6.00. The normalized spacial score (nSPS) is 12.9. The quantitative estimate of drug-likeness (QED) is 0.370. The third kappa shape index (κ3) is 3.99. The molecule has 1 aliphatic rings. The van der Waals surface area contributed by atoms with E-state index in [1.165, 1.54) is 65.5 Å². The second kappa shape index (κ2) is 8.65. The van der Waals surface area contributed by atoms with E-state index in [4.69, 9.17) is 4.42 Å². The predicted octanol–water partition coefficient (Wildman–Crippen LogP) is 7.73. The molecule has 2 aromatic carbocycles. The SMILES string of the molecule is CCCCCCc1ccc(-c2cccc3c2C=C(c2ccc(CC)o2)C3)cc1. The molecule has 0 atom stereocenters. The van der Waals surface area contributed by atoms with Gasteiger partial charge in [-0.15, -0.1) is 0 Å². The molecular weight excluding hydrogens is 340 g/mol. The van der Waals surface area contributed by atoms with Gasteiger partial charge in [-0.25, -0.2) is 0 Å². The zero-order valence-corrected chi connectivity index (χ0v) is 17.1. The largest absolute Gasteiger partial charge is 0.461 e. The van der Waals surface area contributed by atoms with Gasteiger partial charge < -0.3 is 4.42 Å². The minimum absolute atomic E-state index is 0.941. The van der Waals surface area contributed by atoms with Crippen molar-refractivity contribution in [2.75, 3.05) is 0 Å². The van der Waals surface area contributed by atoms with Crippen LogP contribution in [0.3, 0.4) is 0 Å². The Morgan fingerprint density at radius 3 is 2.46 bits per heavy atom. The van der Waals surface area contributed by atoms with Crippen molar-refractivity contribution in [1.82, 2.24) is 0 Å². The van der Waals surface area contributed by atoms with Crippen LogP contribution in [0.4, 0.5) is 0 Å². The monoisotopic (exact) mass is 370 g/mol. The number of unbranched alkanes of at least 4 members (excludes halogenated alkanes) is 3. The fourth-order valence-electron chi connectivity index (χ4n) is 4.13. The Labute approximate surface area is 169 Å². The summed E-state index contributed by atoms with van der Waals surface area (Å²) in [5.74, 6) is 2.07. The van der Waals surface area contributed by atoms with Crippen LogP contribution in [0.25, 0.3) is 22.8 Å². The van der Waals surface area contributed by atoms with E-state index in [0.717, 1.165) is 24.4 Å². The molecule has 1 aliphatic carbocycles. The molecule has 0 radical (unpaired) electrons. The smallest absolute Gasteiger partial charge is 0.130 e. The van der Waals surface area contributed by atoms with Crippen molar-refractivity contribution in [3.8, 4) is 11.1 Å². The van der Waals surface area contributed by atoms with Crippen molar-refractivity contribution >= 4 is 11.6 Å². The Hall–Kier alpha value is -2.54. The number of allylic oxidation sites excluding steroid dienone is 1. The van der Waals surface area contributed by atoms with Gasteiger partial charge in [0.1, 0.15) is 11.5 Å². The molecule has 1 aromatic heterocycles. The topological polar surface area (TPSA) is 13.1 Å². The number of hydrogen-bond donors (Lipinski definition) is 0. The minimum atomic E-state index is 0.941. The number of rotatable bonds is 8. The highest BCUT2D eigenvalue weighted by Gasteiger charge is 2.19. The molecular formula is C27H30O. The van der Waals surface area contributed by atoms with Crippen LogP contribution < -0.4 is 0 Å². The first-order chi connectivity index (χ1) is 13.8. The summed E-state index contributed by atoms with van der Waals surface area (Å²) in [6.45, 7) is 4.40. The van der Waals surface area contributed by atoms with Crippen molar-refractivity contribution in [1.29, 1.82) is 0 Å². The molecule has 3 aromatic rings. The van der Waals surface area contributed by atoms with E-state index >= 15 is 0 Å². The molecule has 1 nitrogen and oxygen atoms in total. The Kier molecular flexibility index (Phi) is 5.81. The average molecular weight is 371 g/mol. The lowest BCUT2D eigenvalue weighted by molar-refractivity contribution is 0.503. The summed E-state index contributed by atoms with van der Waals surface area (Å²) in [4.78, 5) is 0. The van der Waals surface area contributed by atoms with E-state index in [-0.39, 0.29) is 0 Å². The zero-order chi connectivity index (χ0) is 19.3. The average Bonchev–Trinajstić information content (AvgIpc) is 3.38. The molecule has 0 saturated carbocycles. The molecule has 0 bridgehead atoms. The molecule has 0 unspecified atom stereocenters. The Balaban J connectivity index is 1.55. The number of furan rings is 1. The summed E-state index contributed by atoms with van der Waals surface area (Å²) in [6.07, 6.45) is 10.7. The van der Waals surface area contributed by atoms with Gasteiger partial charge in [-0.3, -0.25) is 0 Å². The second-order valence-electron chi connectivity index (χ2n) is 7.85. The molecule has 0 amide bonds. The summed E-state index contributed by atoms with van der Waals surface area (Å²) < 4.78 is 6.00. The van der Waals surface area contributed by atoms with Crippen LogP contribution in [0.5, 0.6) is 0 Å². The van der Waals surface area contributed by atoms with Crippen LogP contribution >= 0.6 is 0 Å². The number of hydrogen-bond acceptors (Lipinski definition) is 1. The fourth-order valence-corrected chi connectivity index (χ4v) is 4.13. The van der Waals surface area contributed by atoms with Gasteiger partial charge in [-0.2, -0.15) is 0 Å². The molecule has 4 rings (SSSR count). The van der Waals surface area contributed by atoms with Crippen molar-refractivity contribution in [3.05, 3.63) is 82.8 Å². The summed E-state index contributed by atoms with van der Waals surface area (Å²) in [6, 6.07) is 20.1. The Morgan fingerprint density at radius 2 is 1.71 bits per heavy atom. The van der Waals surface area contributed by atoms with Gasteiger partial charge in [0, 0.05) is 12.8 Å². The third-order valence-electron chi connectivity index (χ3n) is 5.81. The van der Waals surface area contributed by atoms with E-state index < -0.39 is 0 Å². The maximum Gasteiger partial charge on any atom is 0.130 e. The van der Waals surface area contributed by atoms with Gasteiger partial charge in [0.25, 0.3) is 0 Å². The molecule has 1 heteroatoms. The lowest BCUT2D eigenvalue weighted by Crippen LogP contribution is -1.89. The summed E-state index contributed by atoms with van der Waals surface area (Å²) in [7, 11) is 0. The third-order valence-corrected chi connectivity index (χ3v) is 5.81. The molecule has 0 aliphatic heterocycles. The van der Waals surface area contributed by atoms with E-state index in [1.807, 2.05) is 0 Å². The van der Waals surface area contributed by atoms with E-state index in [9.17, 15) is 0 Å². The molecule has 144 valence electrons.